The number of imidazole rings is 1. The van der Waals surface area contributed by atoms with E-state index in [4.69, 9.17) is 5.73 Å². The highest BCUT2D eigenvalue weighted by molar-refractivity contribution is 7.07. The number of nitrogens with two attached hydrogens (primary N) is 1. The summed E-state index contributed by atoms with van der Waals surface area (Å²) in [4.78, 5) is 10.8. The van der Waals surface area contributed by atoms with E-state index in [1.807, 2.05) is 18.0 Å². The average molecular weight is 279 g/mol. The molecule has 6 heteroatoms. The van der Waals surface area contributed by atoms with E-state index in [9.17, 15) is 0 Å². The second kappa shape index (κ2) is 6.27. The third-order valence-electron chi connectivity index (χ3n) is 3.24. The van der Waals surface area contributed by atoms with Crippen molar-refractivity contribution < 1.29 is 0 Å². The molecule has 0 saturated heterocycles. The van der Waals surface area contributed by atoms with Gasteiger partial charge in [-0.15, -0.1) is 11.3 Å². The SMILES string of the molecule is CC(C)n1cncc1C(CN)N(C)Cc1cscn1. The molecule has 2 N–H and O–H groups in total. The molecule has 2 rings (SSSR count). The number of likely N-dealkylation sites (N-methyl/N-ethyl adjacent to an activating group) is 1. The van der Waals surface area contributed by atoms with Crippen LogP contribution in [-0.2, 0) is 6.54 Å². The molecule has 0 aliphatic rings. The Morgan fingerprint density at radius 3 is 2.84 bits per heavy atom. The molecule has 0 aliphatic heterocycles. The third-order valence-corrected chi connectivity index (χ3v) is 3.88. The van der Waals surface area contributed by atoms with Gasteiger partial charge in [0.05, 0.1) is 29.3 Å². The second-order valence-electron chi connectivity index (χ2n) is 4.97. The zero-order valence-corrected chi connectivity index (χ0v) is 12.5. The molecule has 104 valence electrons. The fourth-order valence-electron chi connectivity index (χ4n) is 2.21. The fraction of sp³-hybridized carbons (Fsp3) is 0.538. The molecule has 2 aromatic heterocycles. The Hall–Kier alpha value is -1.24. The second-order valence-corrected chi connectivity index (χ2v) is 5.68. The first kappa shape index (κ1) is 14.2. The lowest BCUT2D eigenvalue weighted by atomic mass is 10.1. The maximum absolute atomic E-state index is 5.96. The highest BCUT2D eigenvalue weighted by atomic mass is 32.1. The van der Waals surface area contributed by atoms with Gasteiger partial charge >= 0.3 is 0 Å². The van der Waals surface area contributed by atoms with Gasteiger partial charge in [-0.1, -0.05) is 0 Å². The van der Waals surface area contributed by atoms with E-state index in [0.29, 0.717) is 12.6 Å². The maximum Gasteiger partial charge on any atom is 0.0951 e. The molecule has 19 heavy (non-hydrogen) atoms. The topological polar surface area (TPSA) is 60.0 Å². The van der Waals surface area contributed by atoms with Crippen molar-refractivity contribution in [3.63, 3.8) is 0 Å². The number of aromatic nitrogens is 3. The van der Waals surface area contributed by atoms with Gasteiger partial charge < -0.3 is 10.3 Å². The Balaban J connectivity index is 2.16. The number of thiazole rings is 1. The molecule has 0 amide bonds. The molecule has 1 atom stereocenters. The lowest BCUT2D eigenvalue weighted by Gasteiger charge is -2.28. The van der Waals surface area contributed by atoms with Crippen molar-refractivity contribution in [2.75, 3.05) is 13.6 Å². The first-order valence-corrected chi connectivity index (χ1v) is 7.36. The van der Waals surface area contributed by atoms with Crippen LogP contribution in [0.15, 0.2) is 23.4 Å². The minimum atomic E-state index is 0.159. The average Bonchev–Trinajstić information content (AvgIpc) is 3.00. The summed E-state index contributed by atoms with van der Waals surface area (Å²) >= 11 is 1.62. The summed E-state index contributed by atoms with van der Waals surface area (Å²) in [6.07, 6.45) is 3.79. The number of nitrogens with zero attached hydrogens (tertiary/aromatic N) is 4. The summed E-state index contributed by atoms with van der Waals surface area (Å²) < 4.78 is 2.18. The zero-order chi connectivity index (χ0) is 13.8. The van der Waals surface area contributed by atoms with Crippen molar-refractivity contribution in [3.8, 4) is 0 Å². The van der Waals surface area contributed by atoms with Gasteiger partial charge in [-0.2, -0.15) is 0 Å². The highest BCUT2D eigenvalue weighted by Crippen LogP contribution is 2.22. The van der Waals surface area contributed by atoms with Crippen LogP contribution in [0.4, 0.5) is 0 Å². The van der Waals surface area contributed by atoms with Crippen molar-refractivity contribution in [3.05, 3.63) is 34.8 Å². The van der Waals surface area contributed by atoms with E-state index in [1.165, 1.54) is 0 Å². The van der Waals surface area contributed by atoms with Gasteiger partial charge in [-0.05, 0) is 20.9 Å². The molecule has 2 heterocycles. The van der Waals surface area contributed by atoms with E-state index >= 15 is 0 Å². The smallest absolute Gasteiger partial charge is 0.0951 e. The third kappa shape index (κ3) is 3.20. The van der Waals surface area contributed by atoms with Gasteiger partial charge in [-0.3, -0.25) is 4.90 Å². The van der Waals surface area contributed by atoms with Gasteiger partial charge in [-0.25, -0.2) is 9.97 Å². The molecule has 1 unspecified atom stereocenters. The van der Waals surface area contributed by atoms with Crippen LogP contribution in [-0.4, -0.2) is 33.0 Å². The van der Waals surface area contributed by atoms with Gasteiger partial charge in [0.15, 0.2) is 0 Å². The number of hydrogen-bond acceptors (Lipinski definition) is 5. The molecular weight excluding hydrogens is 258 g/mol. The molecule has 0 radical (unpaired) electrons. The summed E-state index contributed by atoms with van der Waals surface area (Å²) in [5.74, 6) is 0. The largest absolute Gasteiger partial charge is 0.331 e. The van der Waals surface area contributed by atoms with Crippen LogP contribution in [0.1, 0.15) is 37.3 Å². The van der Waals surface area contributed by atoms with Crippen molar-refractivity contribution in [2.24, 2.45) is 5.73 Å². The van der Waals surface area contributed by atoms with Crippen LogP contribution >= 0.6 is 11.3 Å². The summed E-state index contributed by atoms with van der Waals surface area (Å²) in [5, 5.41) is 2.07. The summed E-state index contributed by atoms with van der Waals surface area (Å²) in [5.41, 5.74) is 10.1. The Morgan fingerprint density at radius 2 is 2.26 bits per heavy atom. The lowest BCUT2D eigenvalue weighted by molar-refractivity contribution is 0.228. The summed E-state index contributed by atoms with van der Waals surface area (Å²) in [6.45, 7) is 5.67. The lowest BCUT2D eigenvalue weighted by Crippen LogP contribution is -2.32. The monoisotopic (exact) mass is 279 g/mol. The Morgan fingerprint density at radius 1 is 1.47 bits per heavy atom. The van der Waals surface area contributed by atoms with E-state index < -0.39 is 0 Å². The zero-order valence-electron chi connectivity index (χ0n) is 11.7. The van der Waals surface area contributed by atoms with Gasteiger partial charge in [0.2, 0.25) is 0 Å². The van der Waals surface area contributed by atoms with Gasteiger partial charge in [0, 0.05) is 30.7 Å². The van der Waals surface area contributed by atoms with E-state index in [2.05, 4.69) is 45.7 Å². The Bertz CT molecular complexity index is 491. The first-order chi connectivity index (χ1) is 9.13. The molecular formula is C13H21N5S. The van der Waals surface area contributed by atoms with Crippen LogP contribution in [0.5, 0.6) is 0 Å². The van der Waals surface area contributed by atoms with Crippen LogP contribution < -0.4 is 5.73 Å². The molecule has 0 fully saturated rings. The predicted molar refractivity (Wildman–Crippen MR) is 78.0 cm³/mol. The molecule has 0 aromatic carbocycles. The fourth-order valence-corrected chi connectivity index (χ4v) is 2.76. The molecule has 2 aromatic rings. The minimum absolute atomic E-state index is 0.159. The van der Waals surface area contributed by atoms with Crippen molar-refractivity contribution in [1.82, 2.24) is 19.4 Å². The van der Waals surface area contributed by atoms with Crippen molar-refractivity contribution in [2.45, 2.75) is 32.5 Å². The van der Waals surface area contributed by atoms with Gasteiger partial charge in [0.1, 0.15) is 0 Å². The van der Waals surface area contributed by atoms with E-state index in [0.717, 1.165) is 17.9 Å². The molecule has 0 bridgehead atoms. The molecule has 5 nitrogen and oxygen atoms in total. The summed E-state index contributed by atoms with van der Waals surface area (Å²) in [6, 6.07) is 0.547. The number of hydrogen-bond donors (Lipinski definition) is 1. The number of rotatable bonds is 6. The van der Waals surface area contributed by atoms with Crippen LogP contribution in [0.2, 0.25) is 0 Å². The normalized spacial score (nSPS) is 13.4. The Kier molecular flexibility index (Phi) is 4.68. The Labute approximate surface area is 118 Å². The quantitative estimate of drug-likeness (QED) is 0.879. The van der Waals surface area contributed by atoms with Gasteiger partial charge in [0.25, 0.3) is 0 Å². The molecule has 0 saturated carbocycles. The van der Waals surface area contributed by atoms with Crippen molar-refractivity contribution >= 4 is 11.3 Å². The first-order valence-electron chi connectivity index (χ1n) is 6.42. The van der Waals surface area contributed by atoms with Crippen LogP contribution in [0.25, 0.3) is 0 Å². The highest BCUT2D eigenvalue weighted by Gasteiger charge is 2.20. The van der Waals surface area contributed by atoms with Crippen molar-refractivity contribution in [1.29, 1.82) is 0 Å². The van der Waals surface area contributed by atoms with Crippen LogP contribution in [0, 0.1) is 0 Å². The standard InChI is InChI=1S/C13H21N5S/c1-10(2)18-8-15-5-13(18)12(4-14)17(3)6-11-7-19-9-16-11/h5,7-10,12H,4,6,14H2,1-3H3. The van der Waals surface area contributed by atoms with Crippen LogP contribution in [0.3, 0.4) is 0 Å². The predicted octanol–water partition coefficient (Wildman–Crippen LogP) is 2.05. The molecule has 0 aliphatic carbocycles. The van der Waals surface area contributed by atoms with E-state index in [-0.39, 0.29) is 6.04 Å². The molecule has 0 spiro atoms. The maximum atomic E-state index is 5.96. The minimum Gasteiger partial charge on any atom is -0.331 e. The van der Waals surface area contributed by atoms with E-state index in [1.54, 1.807) is 11.3 Å². The summed E-state index contributed by atoms with van der Waals surface area (Å²) in [7, 11) is 2.08.